The topological polar surface area (TPSA) is 81.7 Å². The Morgan fingerprint density at radius 2 is 1.19 bits per heavy atom. The number of rotatable bonds is 3. The zero-order valence-electron chi connectivity index (χ0n) is 27.3. The summed E-state index contributed by atoms with van der Waals surface area (Å²) in [6, 6.07) is 8.87. The molecule has 4 heterocycles. The maximum absolute atomic E-state index is 7.04. The summed E-state index contributed by atoms with van der Waals surface area (Å²) in [5, 5.41) is 2.46. The Bertz CT molecular complexity index is 1630. The lowest BCUT2D eigenvalue weighted by Crippen LogP contribution is -2.47. The quantitative estimate of drug-likeness (QED) is 0.276. The first-order valence-electron chi connectivity index (χ1n) is 18.6. The molecule has 1 aromatic heterocycles. The van der Waals surface area contributed by atoms with Crippen LogP contribution in [0.25, 0.3) is 21.9 Å². The zero-order valence-corrected chi connectivity index (χ0v) is 28.2. The molecular weight excluding hydrogens is 615 g/mol. The highest BCUT2D eigenvalue weighted by molar-refractivity contribution is 7.31. The summed E-state index contributed by atoms with van der Waals surface area (Å²) in [7, 11) is -1.84. The van der Waals surface area contributed by atoms with Crippen LogP contribution in [0.3, 0.4) is 0 Å². The molecule has 2 saturated carbocycles. The minimum atomic E-state index is -1.84. The fourth-order valence-corrected chi connectivity index (χ4v) is 11.0. The molecule has 0 unspecified atom stereocenters. The van der Waals surface area contributed by atoms with Crippen LogP contribution in [0.1, 0.15) is 112 Å². The Kier molecular flexibility index (Phi) is 7.56. The minimum absolute atomic E-state index is 0.279. The third kappa shape index (κ3) is 5.16. The van der Waals surface area contributed by atoms with Crippen LogP contribution >= 0.6 is 8.24 Å². The Balaban J connectivity index is 1.07. The summed E-state index contributed by atoms with van der Waals surface area (Å²) in [4.78, 5) is 0. The highest BCUT2D eigenvalue weighted by Crippen LogP contribution is 2.50. The fourth-order valence-electron chi connectivity index (χ4n) is 9.83. The van der Waals surface area contributed by atoms with E-state index in [9.17, 15) is 0 Å². The molecule has 3 saturated heterocycles. The van der Waals surface area contributed by atoms with Gasteiger partial charge in [-0.15, -0.1) is 0 Å². The maximum Gasteiger partial charge on any atom is 0.387 e. The Morgan fingerprint density at radius 1 is 0.596 bits per heavy atom. The molecule has 0 bridgehead atoms. The highest BCUT2D eigenvalue weighted by Gasteiger charge is 2.62. The van der Waals surface area contributed by atoms with E-state index in [4.69, 9.17) is 36.6 Å². The van der Waals surface area contributed by atoms with Crippen LogP contribution in [0.4, 0.5) is 0 Å². The van der Waals surface area contributed by atoms with Crippen molar-refractivity contribution in [2.75, 3.05) is 6.61 Å². The number of hydrogen-bond acceptors (Lipinski definition) is 8. The molecule has 9 heteroatoms. The lowest BCUT2D eigenvalue weighted by atomic mass is 9.84. The number of ether oxygens (including phenoxy) is 5. The maximum atomic E-state index is 7.04. The van der Waals surface area contributed by atoms with Gasteiger partial charge in [0.15, 0.2) is 17.9 Å². The third-order valence-corrected chi connectivity index (χ3v) is 13.3. The van der Waals surface area contributed by atoms with Crippen molar-refractivity contribution in [3.8, 4) is 0 Å². The second-order valence-electron chi connectivity index (χ2n) is 15.1. The first-order valence-corrected chi connectivity index (χ1v) is 19.7. The van der Waals surface area contributed by atoms with Gasteiger partial charge >= 0.3 is 8.24 Å². The molecule has 252 valence electrons. The molecule has 3 aliphatic heterocycles. The lowest BCUT2D eigenvalue weighted by Gasteiger charge is -2.35. The van der Waals surface area contributed by atoms with Crippen LogP contribution in [0.5, 0.6) is 0 Å². The van der Waals surface area contributed by atoms with Gasteiger partial charge in [0.25, 0.3) is 0 Å². The second-order valence-corrected chi connectivity index (χ2v) is 16.1. The summed E-state index contributed by atoms with van der Waals surface area (Å²) in [6.07, 6.45) is 17.6. The lowest BCUT2D eigenvalue weighted by molar-refractivity contribution is -0.257. The van der Waals surface area contributed by atoms with E-state index in [2.05, 4.69) is 24.3 Å². The average molecular weight is 663 g/mol. The van der Waals surface area contributed by atoms with Crippen molar-refractivity contribution < 1.29 is 36.6 Å². The molecule has 0 N–H and O–H groups in total. The van der Waals surface area contributed by atoms with Gasteiger partial charge in [-0.3, -0.25) is 4.52 Å². The van der Waals surface area contributed by atoms with Crippen LogP contribution < -0.4 is 4.52 Å². The molecule has 47 heavy (non-hydrogen) atoms. The standard InChI is InChI=1S/C38H47O8P/c1-7-19-37(20-8-1)39-23-30(41-37)33-34(35-36(40-33)43-38(42-35)21-9-2-10-22-38)46-47-44-28-17-15-24-11-3-5-13-26(24)31(28)32-27-14-6-4-12-25(27)16-18-29(32)45-47/h15-18,30,33-36H,1-14,19-23H2/t30-,33-,34+,35-,36-/m1/s1. The van der Waals surface area contributed by atoms with E-state index in [0.29, 0.717) is 6.61 Å². The van der Waals surface area contributed by atoms with Gasteiger partial charge in [-0.1, -0.05) is 25.0 Å². The largest absolute Gasteiger partial charge is 0.399 e. The molecule has 4 aliphatic carbocycles. The summed E-state index contributed by atoms with van der Waals surface area (Å²) in [5.41, 5.74) is 7.49. The number of benzene rings is 2. The highest BCUT2D eigenvalue weighted by atomic mass is 31.1. The predicted octanol–water partition coefficient (Wildman–Crippen LogP) is 8.72. The van der Waals surface area contributed by atoms with Crippen molar-refractivity contribution in [2.45, 2.75) is 158 Å². The summed E-state index contributed by atoms with van der Waals surface area (Å²) in [6.45, 7) is 0.471. The molecule has 0 amide bonds. The first kappa shape index (κ1) is 30.0. The van der Waals surface area contributed by atoms with Gasteiger partial charge in [-0.05, 0) is 111 Å². The summed E-state index contributed by atoms with van der Waals surface area (Å²) in [5.74, 6) is -1.12. The van der Waals surface area contributed by atoms with Gasteiger partial charge in [0.1, 0.15) is 35.6 Å². The monoisotopic (exact) mass is 662 g/mol. The zero-order chi connectivity index (χ0) is 31.0. The molecule has 3 aromatic rings. The van der Waals surface area contributed by atoms with Crippen molar-refractivity contribution in [1.29, 1.82) is 0 Å². The fraction of sp³-hybridized carbons (Fsp3) is 0.684. The second kappa shape index (κ2) is 11.9. The molecule has 0 radical (unpaired) electrons. The Labute approximate surface area is 277 Å². The van der Waals surface area contributed by atoms with Crippen molar-refractivity contribution in [3.63, 3.8) is 0 Å². The third-order valence-electron chi connectivity index (χ3n) is 12.2. The van der Waals surface area contributed by atoms with Crippen LogP contribution in [0.2, 0.25) is 0 Å². The molecule has 2 aromatic carbocycles. The number of hydrogen-bond donors (Lipinski definition) is 0. The Hall–Kier alpha value is -1.90. The summed E-state index contributed by atoms with van der Waals surface area (Å²) >= 11 is 0. The molecule has 5 fully saturated rings. The van der Waals surface area contributed by atoms with Crippen molar-refractivity contribution in [2.24, 2.45) is 0 Å². The van der Waals surface area contributed by atoms with Gasteiger partial charge in [-0.25, -0.2) is 0 Å². The van der Waals surface area contributed by atoms with Gasteiger partial charge < -0.3 is 32.1 Å². The molecular formula is C38H47O8P. The average Bonchev–Trinajstić information content (AvgIpc) is 3.72. The SMILES string of the molecule is c1cc2op(O[C@@H]3[C@H]4OC5(CCCCC5)O[C@H]4O[C@@H]3[C@H]3COC4(CCCCC4)O3)oc3ccc4c(c3c2c2c1CCCC2)CCCC4. The Morgan fingerprint density at radius 3 is 1.83 bits per heavy atom. The van der Waals surface area contributed by atoms with Gasteiger partial charge in [0, 0.05) is 36.5 Å². The van der Waals surface area contributed by atoms with Crippen LogP contribution in [0.15, 0.2) is 32.7 Å². The molecule has 5 atom stereocenters. The minimum Gasteiger partial charge on any atom is -0.399 e. The van der Waals surface area contributed by atoms with E-state index < -0.39 is 44.4 Å². The smallest absolute Gasteiger partial charge is 0.387 e. The predicted molar refractivity (Wildman–Crippen MR) is 177 cm³/mol. The van der Waals surface area contributed by atoms with Crippen LogP contribution in [-0.2, 0) is 49.4 Å². The number of fused-ring (bicyclic) bond motifs is 8. The van der Waals surface area contributed by atoms with E-state index in [1.165, 1.54) is 71.6 Å². The van der Waals surface area contributed by atoms with Gasteiger partial charge in [-0.2, -0.15) is 0 Å². The van der Waals surface area contributed by atoms with Crippen molar-refractivity contribution in [3.05, 3.63) is 46.5 Å². The molecule has 2 spiro atoms. The van der Waals surface area contributed by atoms with Crippen molar-refractivity contribution >= 4 is 30.2 Å². The van der Waals surface area contributed by atoms with E-state index in [1.54, 1.807) is 0 Å². The number of aryl methyl sites for hydroxylation is 4. The van der Waals surface area contributed by atoms with E-state index >= 15 is 0 Å². The van der Waals surface area contributed by atoms with E-state index in [-0.39, 0.29) is 6.10 Å². The normalized spacial score (nSPS) is 32.6. The van der Waals surface area contributed by atoms with E-state index in [0.717, 1.165) is 88.2 Å². The van der Waals surface area contributed by atoms with Crippen LogP contribution in [0, 0.1) is 0 Å². The molecule has 7 aliphatic rings. The van der Waals surface area contributed by atoms with Gasteiger partial charge in [0.2, 0.25) is 0 Å². The van der Waals surface area contributed by atoms with E-state index in [1.807, 2.05) is 0 Å². The van der Waals surface area contributed by atoms with Gasteiger partial charge in [0.05, 0.1) is 6.61 Å². The molecule has 10 rings (SSSR count). The van der Waals surface area contributed by atoms with Crippen LogP contribution in [-0.4, -0.2) is 48.9 Å². The molecule has 8 nitrogen and oxygen atoms in total. The summed E-state index contributed by atoms with van der Waals surface area (Å²) < 4.78 is 54.1. The van der Waals surface area contributed by atoms with Crippen molar-refractivity contribution in [1.82, 2.24) is 0 Å². The first-order chi connectivity index (χ1) is 23.2.